The Morgan fingerprint density at radius 3 is 2.78 bits per heavy atom. The zero-order valence-corrected chi connectivity index (χ0v) is 18.7. The van der Waals surface area contributed by atoms with Crippen LogP contribution < -0.4 is 14.9 Å². The monoisotopic (exact) mass is 455 g/mol. The van der Waals surface area contributed by atoms with Gasteiger partial charge < -0.3 is 20.1 Å². The second kappa shape index (κ2) is 9.60. The molecule has 4 rings (SSSR count). The highest BCUT2D eigenvalue weighted by Crippen LogP contribution is 2.27. The van der Waals surface area contributed by atoms with Crippen LogP contribution in [-0.4, -0.2) is 57.3 Å². The van der Waals surface area contributed by atoms with Crippen molar-refractivity contribution in [2.24, 2.45) is 0 Å². The lowest BCUT2D eigenvalue weighted by Crippen LogP contribution is -2.39. The van der Waals surface area contributed by atoms with Gasteiger partial charge in [0.05, 0.1) is 18.3 Å². The number of carbonyl (C=O) groups is 1. The molecule has 32 heavy (non-hydrogen) atoms. The third-order valence-electron chi connectivity index (χ3n) is 5.34. The van der Waals surface area contributed by atoms with E-state index in [4.69, 9.17) is 4.74 Å². The maximum Gasteiger partial charge on any atom is 0.322 e. The van der Waals surface area contributed by atoms with Crippen LogP contribution in [-0.2, 0) is 13.2 Å². The molecule has 1 aliphatic rings. The van der Waals surface area contributed by atoms with Gasteiger partial charge in [-0.25, -0.2) is 5.10 Å². The largest absolute Gasteiger partial charge is 0.489 e. The quantitative estimate of drug-likeness (QED) is 0.493. The average molecular weight is 456 g/mol. The highest BCUT2D eigenvalue weighted by Gasteiger charge is 2.35. The predicted molar refractivity (Wildman–Crippen MR) is 120 cm³/mol. The number of benzene rings is 1. The number of H-pyrrole nitrogens is 1. The number of pyridine rings is 1. The summed E-state index contributed by atoms with van der Waals surface area (Å²) < 4.78 is 5.82. The van der Waals surface area contributed by atoms with Crippen LogP contribution in [0.3, 0.4) is 0 Å². The molecule has 3 N–H and O–H groups in total. The zero-order chi connectivity index (χ0) is 22.7. The number of aromatic nitrogens is 3. The Morgan fingerprint density at radius 2 is 2.09 bits per heavy atom. The molecule has 3 heterocycles. The summed E-state index contributed by atoms with van der Waals surface area (Å²) in [6.45, 7) is 3.51. The molecule has 9 nitrogen and oxygen atoms in total. The number of aliphatic hydroxyl groups is 1. The second-order valence-electron chi connectivity index (χ2n) is 7.94. The molecule has 1 aliphatic heterocycles. The van der Waals surface area contributed by atoms with Crippen molar-refractivity contribution in [1.29, 1.82) is 0 Å². The van der Waals surface area contributed by atoms with Gasteiger partial charge in [-0.3, -0.25) is 14.6 Å². The molecule has 1 aromatic carbocycles. The average Bonchev–Trinajstić information content (AvgIpc) is 3.37. The first-order valence-corrected chi connectivity index (χ1v) is 11.1. The van der Waals surface area contributed by atoms with Crippen molar-refractivity contribution in [3.05, 3.63) is 73.6 Å². The van der Waals surface area contributed by atoms with E-state index in [9.17, 15) is 14.7 Å². The van der Waals surface area contributed by atoms with Crippen LogP contribution in [0.4, 0.5) is 0 Å². The number of amides is 1. The minimum atomic E-state index is -0.190. The van der Waals surface area contributed by atoms with Gasteiger partial charge in [0.15, 0.2) is 0 Å². The van der Waals surface area contributed by atoms with Crippen molar-refractivity contribution >= 4 is 17.2 Å². The second-order valence-corrected chi connectivity index (χ2v) is 8.93. The van der Waals surface area contributed by atoms with Crippen LogP contribution in [0.15, 0.2) is 41.2 Å². The molecule has 1 fully saturated rings. The fourth-order valence-corrected chi connectivity index (χ4v) is 4.66. The molecule has 10 heteroatoms. The smallest absolute Gasteiger partial charge is 0.322 e. The normalized spacial score (nSPS) is 18.6. The molecule has 0 spiro atoms. The summed E-state index contributed by atoms with van der Waals surface area (Å²) in [6, 6.07) is 10.6. The summed E-state index contributed by atoms with van der Waals surface area (Å²) in [5, 5.41) is 19.6. The maximum absolute atomic E-state index is 12.8. The molecule has 0 unspecified atom stereocenters. The van der Waals surface area contributed by atoms with Crippen molar-refractivity contribution in [3.63, 3.8) is 0 Å². The van der Waals surface area contributed by atoms with Crippen LogP contribution in [0.1, 0.15) is 38.2 Å². The number of nitrogens with one attached hydrogen (secondary N) is 2. The van der Waals surface area contributed by atoms with Gasteiger partial charge in [0.2, 0.25) is 0 Å². The predicted octanol–water partition coefficient (Wildman–Crippen LogP) is 1.43. The molecule has 1 saturated heterocycles. The maximum atomic E-state index is 12.8. The summed E-state index contributed by atoms with van der Waals surface area (Å²) in [7, 11) is 1.98. The van der Waals surface area contributed by atoms with Crippen LogP contribution in [0.5, 0.6) is 5.75 Å². The molecule has 0 radical (unpaired) electrons. The molecular formula is C22H25N5O4S. The van der Waals surface area contributed by atoms with Gasteiger partial charge >= 0.3 is 4.87 Å². The van der Waals surface area contributed by atoms with Gasteiger partial charge in [0.1, 0.15) is 17.4 Å². The van der Waals surface area contributed by atoms with E-state index in [-0.39, 0.29) is 29.3 Å². The number of rotatable bonds is 7. The first kappa shape index (κ1) is 22.1. The molecule has 0 saturated carbocycles. The first-order valence-electron chi connectivity index (χ1n) is 10.3. The highest BCUT2D eigenvalue weighted by molar-refractivity contribution is 7.08. The van der Waals surface area contributed by atoms with E-state index < -0.39 is 0 Å². The Bertz CT molecular complexity index is 1140. The molecule has 2 atom stereocenters. The first-order chi connectivity index (χ1) is 15.4. The number of hydrogen-bond donors (Lipinski definition) is 3. The Labute approximate surface area is 189 Å². The summed E-state index contributed by atoms with van der Waals surface area (Å²) in [5.41, 5.74) is 2.87. The fraction of sp³-hybridized carbons (Fsp3) is 0.364. The lowest BCUT2D eigenvalue weighted by molar-refractivity contribution is 0.0935. The number of hydrogen-bond acceptors (Lipinski definition) is 8. The van der Waals surface area contributed by atoms with Gasteiger partial charge in [-0.15, -0.1) is 0 Å². The lowest BCUT2D eigenvalue weighted by Gasteiger charge is -2.18. The molecule has 2 aromatic heterocycles. The van der Waals surface area contributed by atoms with Crippen molar-refractivity contribution in [3.8, 4) is 5.75 Å². The van der Waals surface area contributed by atoms with Gasteiger partial charge in [-0.1, -0.05) is 11.3 Å². The summed E-state index contributed by atoms with van der Waals surface area (Å²) in [5.74, 6) is 0.437. The van der Waals surface area contributed by atoms with Crippen LogP contribution in [0, 0.1) is 6.92 Å². The fourth-order valence-electron chi connectivity index (χ4n) is 3.90. The van der Waals surface area contributed by atoms with E-state index in [0.29, 0.717) is 35.2 Å². The Morgan fingerprint density at radius 1 is 1.31 bits per heavy atom. The van der Waals surface area contributed by atoms with E-state index in [1.807, 2.05) is 20.0 Å². The molecule has 0 aliphatic carbocycles. The lowest BCUT2D eigenvalue weighted by atomic mass is 10.0. The zero-order valence-electron chi connectivity index (χ0n) is 17.9. The van der Waals surface area contributed by atoms with Gasteiger partial charge in [0.25, 0.3) is 5.91 Å². The minimum Gasteiger partial charge on any atom is -0.489 e. The summed E-state index contributed by atoms with van der Waals surface area (Å²) in [4.78, 5) is 30.4. The topological polar surface area (TPSA) is 120 Å². The van der Waals surface area contributed by atoms with Crippen molar-refractivity contribution < 1.29 is 14.6 Å². The Kier molecular flexibility index (Phi) is 6.63. The molecule has 0 bridgehead atoms. The molecular weight excluding hydrogens is 430 g/mol. The van der Waals surface area contributed by atoms with E-state index >= 15 is 0 Å². The third kappa shape index (κ3) is 5.21. The number of ether oxygens (including phenoxy) is 1. The van der Waals surface area contributed by atoms with Crippen LogP contribution >= 0.6 is 11.3 Å². The van der Waals surface area contributed by atoms with Crippen molar-refractivity contribution in [2.45, 2.75) is 32.1 Å². The van der Waals surface area contributed by atoms with E-state index in [0.717, 1.165) is 29.1 Å². The SMILES string of the molecule is Cc1cc(COc2ccc(C(=O)N[C@@H]3CN(C)C[C@@H]3c3n[nH]c(=O)s3)cc2)cc(CO)n1. The van der Waals surface area contributed by atoms with Gasteiger partial charge in [0, 0.05) is 30.3 Å². The molecule has 168 valence electrons. The van der Waals surface area contributed by atoms with Crippen molar-refractivity contribution in [1.82, 2.24) is 25.4 Å². The standard InChI is InChI=1S/C22H25N5O4S/c1-13-7-14(8-16(11-28)23-13)12-31-17-5-3-15(4-6-17)20(29)24-19-10-27(2)9-18(19)21-25-26-22(30)32-21/h3-8,18-19,28H,9-12H2,1-2H3,(H,24,29)(H,26,30)/t18-,19+/m0/s1. The number of aryl methyl sites for hydroxylation is 1. The Hall–Kier alpha value is -3.08. The van der Waals surface area contributed by atoms with Crippen LogP contribution in [0.25, 0.3) is 0 Å². The Balaban J connectivity index is 1.37. The number of carbonyl (C=O) groups excluding carboxylic acids is 1. The summed E-state index contributed by atoms with van der Waals surface area (Å²) >= 11 is 1.09. The summed E-state index contributed by atoms with van der Waals surface area (Å²) in [6.07, 6.45) is 0. The van der Waals surface area contributed by atoms with E-state index in [2.05, 4.69) is 25.4 Å². The van der Waals surface area contributed by atoms with Gasteiger partial charge in [-0.05, 0) is 55.9 Å². The number of nitrogens with zero attached hydrogens (tertiary/aromatic N) is 3. The van der Waals surface area contributed by atoms with E-state index in [1.54, 1.807) is 30.3 Å². The molecule has 3 aromatic rings. The number of likely N-dealkylation sites (N-methyl/N-ethyl adjacent to an activating group) is 1. The molecule has 1 amide bonds. The van der Waals surface area contributed by atoms with E-state index in [1.165, 1.54) is 0 Å². The highest BCUT2D eigenvalue weighted by atomic mass is 32.1. The number of likely N-dealkylation sites (tertiary alicyclic amines) is 1. The minimum absolute atomic E-state index is 0.0249. The third-order valence-corrected chi connectivity index (χ3v) is 6.22. The number of aromatic amines is 1. The number of aliphatic hydroxyl groups excluding tert-OH is 1. The van der Waals surface area contributed by atoms with Gasteiger partial charge in [-0.2, -0.15) is 5.10 Å². The van der Waals surface area contributed by atoms with Crippen LogP contribution in [0.2, 0.25) is 0 Å². The van der Waals surface area contributed by atoms with Crippen molar-refractivity contribution in [2.75, 3.05) is 20.1 Å².